The van der Waals surface area contributed by atoms with Gasteiger partial charge in [0.05, 0.1) is 0 Å². The van der Waals surface area contributed by atoms with Crippen molar-refractivity contribution >= 4 is 18.5 Å². The Bertz CT molecular complexity index is 303. The Morgan fingerprint density at radius 2 is 2.25 bits per heavy atom. The summed E-state index contributed by atoms with van der Waals surface area (Å²) < 4.78 is 12.6. The van der Waals surface area contributed by atoms with Crippen LogP contribution in [0.25, 0.3) is 0 Å². The van der Waals surface area contributed by atoms with Crippen molar-refractivity contribution in [1.82, 2.24) is 5.73 Å². The molecule has 0 aliphatic rings. The number of thiol groups is 1. The van der Waals surface area contributed by atoms with Crippen molar-refractivity contribution < 1.29 is 9.18 Å². The smallest absolute Gasteiger partial charge is 0.255 e. The van der Waals surface area contributed by atoms with Gasteiger partial charge in [-0.2, -0.15) is 12.6 Å². The van der Waals surface area contributed by atoms with Crippen LogP contribution in [-0.4, -0.2) is 5.91 Å². The second-order valence-electron chi connectivity index (χ2n) is 2.32. The zero-order chi connectivity index (χ0) is 9.14. The van der Waals surface area contributed by atoms with Crippen LogP contribution in [0.5, 0.6) is 0 Å². The summed E-state index contributed by atoms with van der Waals surface area (Å²) in [6, 6.07) is 5.52. The van der Waals surface area contributed by atoms with E-state index in [1.807, 2.05) is 0 Å². The van der Waals surface area contributed by atoms with Crippen LogP contribution in [0.1, 0.15) is 10.8 Å². The molecule has 1 atom stereocenters. The number of amides is 1. The molecule has 0 aliphatic heterocycles. The quantitative estimate of drug-likeness (QED) is 0.697. The molecule has 0 saturated heterocycles. The lowest BCUT2D eigenvalue weighted by molar-refractivity contribution is -0.118. The van der Waals surface area contributed by atoms with Gasteiger partial charge in [0.2, 0.25) is 0 Å². The molecule has 63 valence electrons. The molecule has 0 saturated carbocycles. The summed E-state index contributed by atoms with van der Waals surface area (Å²) in [5.74, 6) is -1.25. The standard InChI is InChI=1S/C8H7FNOS/c9-6-3-1-2-5(4-6)7(12)8(10)11/h1-4,7,10,12H. The molecule has 4 heteroatoms. The fraction of sp³-hybridized carbons (Fsp3) is 0.125. The first-order chi connectivity index (χ1) is 5.61. The van der Waals surface area contributed by atoms with Gasteiger partial charge < -0.3 is 0 Å². The van der Waals surface area contributed by atoms with Crippen molar-refractivity contribution in [3.63, 3.8) is 0 Å². The van der Waals surface area contributed by atoms with Crippen molar-refractivity contribution in [2.75, 3.05) is 0 Å². The molecule has 1 aromatic carbocycles. The van der Waals surface area contributed by atoms with Crippen LogP contribution >= 0.6 is 12.6 Å². The number of halogens is 1. The Hall–Kier alpha value is -1.03. The average Bonchev–Trinajstić information content (AvgIpc) is 2.03. The largest absolute Gasteiger partial charge is 0.272 e. The second-order valence-corrected chi connectivity index (χ2v) is 2.84. The molecule has 0 heterocycles. The maximum atomic E-state index is 12.6. The van der Waals surface area contributed by atoms with Gasteiger partial charge in [-0.3, -0.25) is 10.5 Å². The van der Waals surface area contributed by atoms with E-state index >= 15 is 0 Å². The highest BCUT2D eigenvalue weighted by molar-refractivity contribution is 7.81. The highest BCUT2D eigenvalue weighted by Crippen LogP contribution is 2.19. The van der Waals surface area contributed by atoms with Gasteiger partial charge in [0.25, 0.3) is 5.91 Å². The van der Waals surface area contributed by atoms with Crippen molar-refractivity contribution in [2.45, 2.75) is 5.25 Å². The van der Waals surface area contributed by atoms with E-state index in [9.17, 15) is 9.18 Å². The lowest BCUT2D eigenvalue weighted by Crippen LogP contribution is -2.07. The summed E-state index contributed by atoms with van der Waals surface area (Å²) in [5, 5.41) is -0.847. The monoisotopic (exact) mass is 184 g/mol. The molecular formula is C8H7FNOS. The van der Waals surface area contributed by atoms with Crippen LogP contribution in [0.3, 0.4) is 0 Å². The lowest BCUT2D eigenvalue weighted by atomic mass is 10.1. The first-order valence-electron chi connectivity index (χ1n) is 3.30. The van der Waals surface area contributed by atoms with E-state index in [-0.39, 0.29) is 0 Å². The summed E-state index contributed by atoms with van der Waals surface area (Å²) in [4.78, 5) is 10.5. The van der Waals surface area contributed by atoms with Crippen LogP contribution in [0.15, 0.2) is 24.3 Å². The topological polar surface area (TPSA) is 40.9 Å². The maximum Gasteiger partial charge on any atom is 0.255 e. The molecule has 1 rings (SSSR count). The number of rotatable bonds is 2. The van der Waals surface area contributed by atoms with Crippen LogP contribution in [-0.2, 0) is 4.79 Å². The minimum atomic E-state index is -0.847. The SMILES string of the molecule is [NH]C(=O)C(S)c1cccc(F)c1. The molecule has 0 bridgehead atoms. The van der Waals surface area contributed by atoms with Gasteiger partial charge in [0, 0.05) is 0 Å². The Kier molecular flexibility index (Phi) is 2.70. The van der Waals surface area contributed by atoms with Gasteiger partial charge in [-0.25, -0.2) is 4.39 Å². The number of benzene rings is 1. The van der Waals surface area contributed by atoms with Gasteiger partial charge >= 0.3 is 0 Å². The Labute approximate surface area is 75.0 Å². The molecular weight excluding hydrogens is 177 g/mol. The first-order valence-corrected chi connectivity index (χ1v) is 3.82. The first kappa shape index (κ1) is 9.06. The lowest BCUT2D eigenvalue weighted by Gasteiger charge is -2.04. The number of hydrogen-bond acceptors (Lipinski definition) is 2. The number of carbonyl (C=O) groups is 1. The Morgan fingerprint density at radius 3 is 2.75 bits per heavy atom. The zero-order valence-corrected chi connectivity index (χ0v) is 7.01. The normalized spacial score (nSPS) is 12.5. The van der Waals surface area contributed by atoms with Gasteiger partial charge in [-0.05, 0) is 17.7 Å². The van der Waals surface area contributed by atoms with Crippen molar-refractivity contribution in [2.24, 2.45) is 0 Å². The van der Waals surface area contributed by atoms with E-state index in [0.717, 1.165) is 0 Å². The van der Waals surface area contributed by atoms with Crippen LogP contribution in [0.4, 0.5) is 4.39 Å². The highest BCUT2D eigenvalue weighted by atomic mass is 32.1. The van der Waals surface area contributed by atoms with E-state index in [1.165, 1.54) is 18.2 Å². The molecule has 1 aromatic rings. The summed E-state index contributed by atoms with van der Waals surface area (Å²) in [6.45, 7) is 0. The number of carbonyl (C=O) groups excluding carboxylic acids is 1. The summed E-state index contributed by atoms with van der Waals surface area (Å²) in [6.07, 6.45) is 0. The van der Waals surface area contributed by atoms with Crippen LogP contribution in [0.2, 0.25) is 0 Å². The summed E-state index contributed by atoms with van der Waals surface area (Å²) >= 11 is 3.86. The van der Waals surface area contributed by atoms with Gasteiger partial charge in [-0.15, -0.1) is 0 Å². The molecule has 0 aromatic heterocycles. The van der Waals surface area contributed by atoms with Gasteiger partial charge in [0.1, 0.15) is 11.1 Å². The Balaban J connectivity index is 2.95. The fourth-order valence-electron chi connectivity index (χ4n) is 0.828. The molecule has 1 unspecified atom stereocenters. The van der Waals surface area contributed by atoms with E-state index in [0.29, 0.717) is 5.56 Å². The second kappa shape index (κ2) is 3.58. The van der Waals surface area contributed by atoms with Crippen molar-refractivity contribution in [1.29, 1.82) is 0 Å². The highest BCUT2D eigenvalue weighted by Gasteiger charge is 2.13. The van der Waals surface area contributed by atoms with Gasteiger partial charge in [0.15, 0.2) is 0 Å². The van der Waals surface area contributed by atoms with Crippen LogP contribution < -0.4 is 5.73 Å². The van der Waals surface area contributed by atoms with E-state index in [2.05, 4.69) is 12.6 Å². The molecule has 1 amide bonds. The Morgan fingerprint density at radius 1 is 1.58 bits per heavy atom. The molecule has 1 N–H and O–H groups in total. The summed E-state index contributed by atoms with van der Waals surface area (Å²) in [7, 11) is 0. The third kappa shape index (κ3) is 1.98. The van der Waals surface area contributed by atoms with E-state index < -0.39 is 17.0 Å². The molecule has 1 radical (unpaired) electrons. The minimum absolute atomic E-state index is 0.415. The number of nitrogens with one attached hydrogen (secondary N) is 1. The predicted octanol–water partition coefficient (Wildman–Crippen LogP) is 1.61. The molecule has 0 aliphatic carbocycles. The molecule has 0 spiro atoms. The van der Waals surface area contributed by atoms with E-state index in [4.69, 9.17) is 5.73 Å². The third-order valence-corrected chi connectivity index (χ3v) is 1.95. The minimum Gasteiger partial charge on any atom is -0.272 e. The van der Waals surface area contributed by atoms with Gasteiger partial charge in [-0.1, -0.05) is 12.1 Å². The zero-order valence-electron chi connectivity index (χ0n) is 6.12. The third-order valence-electron chi connectivity index (χ3n) is 1.41. The summed E-state index contributed by atoms with van der Waals surface area (Å²) in [5.41, 5.74) is 7.17. The average molecular weight is 184 g/mol. The fourth-order valence-corrected chi connectivity index (χ4v) is 0.989. The molecule has 0 fully saturated rings. The van der Waals surface area contributed by atoms with Crippen molar-refractivity contribution in [3.8, 4) is 0 Å². The predicted molar refractivity (Wildman–Crippen MR) is 46.2 cm³/mol. The van der Waals surface area contributed by atoms with E-state index in [1.54, 1.807) is 6.07 Å². The molecule has 2 nitrogen and oxygen atoms in total. The molecule has 12 heavy (non-hydrogen) atoms. The number of hydrogen-bond donors (Lipinski definition) is 1. The van der Waals surface area contributed by atoms with Crippen LogP contribution in [0, 0.1) is 5.82 Å². The van der Waals surface area contributed by atoms with Crippen molar-refractivity contribution in [3.05, 3.63) is 35.6 Å². The maximum absolute atomic E-state index is 12.6.